The molecule has 1 aromatic rings. The Morgan fingerprint density at radius 2 is 2.06 bits per heavy atom. The summed E-state index contributed by atoms with van der Waals surface area (Å²) in [5, 5.41) is 8.79. The summed E-state index contributed by atoms with van der Waals surface area (Å²) in [6, 6.07) is 1.16. The summed E-state index contributed by atoms with van der Waals surface area (Å²) in [7, 11) is 0. The molecule has 0 aromatic carbocycles. The second-order valence-corrected chi connectivity index (χ2v) is 9.58. The Balaban J connectivity index is 1.35. The van der Waals surface area contributed by atoms with Crippen molar-refractivity contribution in [3.8, 4) is 0 Å². The third-order valence-corrected chi connectivity index (χ3v) is 5.63. The van der Waals surface area contributed by atoms with E-state index in [9.17, 15) is 14.4 Å². The van der Waals surface area contributed by atoms with Gasteiger partial charge in [-0.25, -0.2) is 14.3 Å². The summed E-state index contributed by atoms with van der Waals surface area (Å²) in [5.41, 5.74) is 0.543. The van der Waals surface area contributed by atoms with Crippen LogP contribution in [0.1, 0.15) is 51.0 Å². The number of nitrogens with one attached hydrogen (secondary N) is 1. The van der Waals surface area contributed by atoms with Gasteiger partial charge in [0.25, 0.3) is 5.91 Å². The molecule has 180 valence electrons. The van der Waals surface area contributed by atoms with Gasteiger partial charge in [-0.2, -0.15) is 10.2 Å². The Kier molecular flexibility index (Phi) is 6.33. The summed E-state index contributed by atoms with van der Waals surface area (Å²) in [5.74, 6) is -0.298. The van der Waals surface area contributed by atoms with Crippen molar-refractivity contribution in [3.05, 3.63) is 24.0 Å². The van der Waals surface area contributed by atoms with E-state index >= 15 is 0 Å². The molecule has 3 aliphatic heterocycles. The Morgan fingerprint density at radius 1 is 1.27 bits per heavy atom. The lowest BCUT2D eigenvalue weighted by molar-refractivity contribution is -0.119. The standard InChI is InChI=1S/C22H32N6O5/c1-5-10-32-28-17-11-16(13-26(14-17)20(28)30)27-9-7-18(24-27)19(29)23-15-6-8-25(12-15)21(31)33-22(2,3)4/h7,9,11,15,17H,5-6,8,10,12-14H2,1-4H3,(H,23,29). The molecule has 3 aliphatic rings. The van der Waals surface area contributed by atoms with Crippen molar-refractivity contribution >= 4 is 23.7 Å². The maximum absolute atomic E-state index is 12.7. The van der Waals surface area contributed by atoms with Crippen LogP contribution in [0.25, 0.3) is 5.70 Å². The van der Waals surface area contributed by atoms with Gasteiger partial charge in [-0.3, -0.25) is 9.63 Å². The number of hydrogen-bond donors (Lipinski definition) is 1. The third kappa shape index (κ3) is 5.13. The highest BCUT2D eigenvalue weighted by molar-refractivity contribution is 5.92. The van der Waals surface area contributed by atoms with E-state index in [1.165, 1.54) is 5.06 Å². The zero-order chi connectivity index (χ0) is 23.8. The van der Waals surface area contributed by atoms with Gasteiger partial charge in [0, 0.05) is 31.9 Å². The van der Waals surface area contributed by atoms with Crippen molar-refractivity contribution in [3.63, 3.8) is 0 Å². The fraction of sp³-hybridized carbons (Fsp3) is 0.636. The molecule has 2 unspecified atom stereocenters. The van der Waals surface area contributed by atoms with Gasteiger partial charge in [-0.05, 0) is 45.8 Å². The molecule has 11 nitrogen and oxygen atoms in total. The lowest BCUT2D eigenvalue weighted by atomic mass is 10.2. The van der Waals surface area contributed by atoms with E-state index in [2.05, 4.69) is 10.4 Å². The van der Waals surface area contributed by atoms with Crippen LogP contribution in [0.3, 0.4) is 0 Å². The van der Waals surface area contributed by atoms with Crippen molar-refractivity contribution in [2.45, 2.75) is 58.2 Å². The first kappa shape index (κ1) is 23.1. The second kappa shape index (κ2) is 9.05. The van der Waals surface area contributed by atoms with Crippen LogP contribution in [0.4, 0.5) is 9.59 Å². The van der Waals surface area contributed by atoms with Gasteiger partial charge >= 0.3 is 12.1 Å². The molecular weight excluding hydrogens is 428 g/mol. The van der Waals surface area contributed by atoms with E-state index in [0.29, 0.717) is 39.2 Å². The number of carbonyl (C=O) groups is 3. The molecule has 11 heteroatoms. The van der Waals surface area contributed by atoms with Gasteiger partial charge in [0.1, 0.15) is 5.60 Å². The van der Waals surface area contributed by atoms with Crippen molar-refractivity contribution in [2.75, 3.05) is 32.8 Å². The average Bonchev–Trinajstić information content (AvgIpc) is 3.46. The largest absolute Gasteiger partial charge is 0.444 e. The number of likely N-dealkylation sites (tertiary alicyclic amines) is 1. The molecule has 0 aliphatic carbocycles. The molecule has 4 heterocycles. The van der Waals surface area contributed by atoms with Crippen molar-refractivity contribution in [1.29, 1.82) is 0 Å². The number of aromatic nitrogens is 2. The van der Waals surface area contributed by atoms with E-state index in [1.54, 1.807) is 26.7 Å². The Labute approximate surface area is 193 Å². The summed E-state index contributed by atoms with van der Waals surface area (Å²) in [4.78, 5) is 46.4. The number of fused-ring (bicyclic) bond motifs is 2. The first-order valence-corrected chi connectivity index (χ1v) is 11.4. The quantitative estimate of drug-likeness (QED) is 0.695. The van der Waals surface area contributed by atoms with Gasteiger partial charge in [0.05, 0.1) is 24.9 Å². The Bertz CT molecular complexity index is 951. The highest BCUT2D eigenvalue weighted by atomic mass is 16.7. The number of nitrogens with zero attached hydrogens (tertiary/aromatic N) is 5. The zero-order valence-corrected chi connectivity index (χ0v) is 19.6. The maximum Gasteiger partial charge on any atom is 0.410 e. The van der Waals surface area contributed by atoms with E-state index in [-0.39, 0.29) is 35.8 Å². The molecule has 0 radical (unpaired) electrons. The minimum atomic E-state index is -0.557. The first-order valence-electron chi connectivity index (χ1n) is 11.4. The fourth-order valence-corrected chi connectivity index (χ4v) is 4.11. The average molecular weight is 461 g/mol. The minimum absolute atomic E-state index is 0.152. The summed E-state index contributed by atoms with van der Waals surface area (Å²) < 4.78 is 7.03. The van der Waals surface area contributed by atoms with Crippen LogP contribution in [0.15, 0.2) is 18.3 Å². The molecule has 2 saturated heterocycles. The number of amides is 4. The summed E-state index contributed by atoms with van der Waals surface area (Å²) in [6.45, 7) is 9.87. The minimum Gasteiger partial charge on any atom is -0.444 e. The van der Waals surface area contributed by atoms with E-state index in [4.69, 9.17) is 9.57 Å². The van der Waals surface area contributed by atoms with Crippen molar-refractivity contribution < 1.29 is 24.0 Å². The first-order chi connectivity index (χ1) is 15.6. The number of ether oxygens (including phenoxy) is 1. The molecule has 0 saturated carbocycles. The van der Waals surface area contributed by atoms with Crippen molar-refractivity contribution in [1.82, 2.24) is 30.0 Å². The van der Waals surface area contributed by atoms with Crippen LogP contribution in [0, 0.1) is 0 Å². The number of hydroxylamine groups is 2. The lowest BCUT2D eigenvalue weighted by Gasteiger charge is -2.24. The van der Waals surface area contributed by atoms with Crippen LogP contribution in [-0.2, 0) is 9.57 Å². The van der Waals surface area contributed by atoms with Crippen molar-refractivity contribution in [2.24, 2.45) is 0 Å². The predicted molar refractivity (Wildman–Crippen MR) is 119 cm³/mol. The van der Waals surface area contributed by atoms with Crippen LogP contribution in [-0.4, -0.2) is 93.1 Å². The van der Waals surface area contributed by atoms with Crippen LogP contribution >= 0.6 is 0 Å². The van der Waals surface area contributed by atoms with Gasteiger partial charge in [-0.1, -0.05) is 6.92 Å². The highest BCUT2D eigenvalue weighted by Gasteiger charge is 2.41. The second-order valence-electron chi connectivity index (χ2n) is 9.58. The lowest BCUT2D eigenvalue weighted by Crippen LogP contribution is -2.40. The van der Waals surface area contributed by atoms with E-state index in [0.717, 1.165) is 12.1 Å². The van der Waals surface area contributed by atoms with Crippen LogP contribution < -0.4 is 5.32 Å². The number of rotatable bonds is 6. The third-order valence-electron chi connectivity index (χ3n) is 5.63. The topological polar surface area (TPSA) is 109 Å². The van der Waals surface area contributed by atoms with Gasteiger partial charge < -0.3 is 19.9 Å². The van der Waals surface area contributed by atoms with Gasteiger partial charge in [-0.15, -0.1) is 0 Å². The van der Waals surface area contributed by atoms with Crippen LogP contribution in [0.2, 0.25) is 0 Å². The number of hydrogen-bond acceptors (Lipinski definition) is 6. The number of carbonyl (C=O) groups excluding carboxylic acids is 3. The molecule has 2 fully saturated rings. The van der Waals surface area contributed by atoms with E-state index < -0.39 is 5.60 Å². The molecule has 0 spiro atoms. The molecular formula is C22H32N6O5. The molecule has 2 atom stereocenters. The van der Waals surface area contributed by atoms with Gasteiger partial charge in [0.2, 0.25) is 0 Å². The fourth-order valence-electron chi connectivity index (χ4n) is 4.11. The number of urea groups is 1. The molecule has 4 rings (SSSR count). The molecule has 4 amide bonds. The maximum atomic E-state index is 12.7. The Morgan fingerprint density at radius 3 is 2.79 bits per heavy atom. The smallest absolute Gasteiger partial charge is 0.410 e. The SMILES string of the molecule is CCCON1C(=O)N2CC(n3ccc(C(=O)NC4CCN(C(=O)OC(C)(C)C)C4)n3)=CC1C2. The van der Waals surface area contributed by atoms with Crippen LogP contribution in [0.5, 0.6) is 0 Å². The van der Waals surface area contributed by atoms with Gasteiger partial charge in [0.15, 0.2) is 5.69 Å². The van der Waals surface area contributed by atoms with E-state index in [1.807, 2.05) is 33.8 Å². The molecule has 1 aromatic heterocycles. The normalized spacial score (nSPS) is 22.6. The molecule has 2 bridgehead atoms. The molecule has 1 N–H and O–H groups in total. The predicted octanol–water partition coefficient (Wildman–Crippen LogP) is 1.92. The zero-order valence-electron chi connectivity index (χ0n) is 19.6. The summed E-state index contributed by atoms with van der Waals surface area (Å²) in [6.07, 6.45) is 4.78. The highest BCUT2D eigenvalue weighted by Crippen LogP contribution is 2.26. The Hall–Kier alpha value is -3.08. The molecule has 33 heavy (non-hydrogen) atoms. The summed E-state index contributed by atoms with van der Waals surface area (Å²) >= 11 is 0. The monoisotopic (exact) mass is 460 g/mol.